The predicted octanol–water partition coefficient (Wildman–Crippen LogP) is 5.60. The molecule has 5 rings (SSSR count). The maximum atomic E-state index is 12.1. The van der Waals surface area contributed by atoms with Gasteiger partial charge in [0, 0.05) is 24.7 Å². The van der Waals surface area contributed by atoms with Gasteiger partial charge in [-0.25, -0.2) is 4.98 Å². The largest absolute Gasteiger partial charge is 0.487 e. The number of hydrogen-bond acceptors (Lipinski definition) is 5. The van der Waals surface area contributed by atoms with Crippen LogP contribution in [0.5, 0.6) is 5.75 Å². The van der Waals surface area contributed by atoms with E-state index < -0.39 is 11.9 Å². The molecule has 2 heterocycles. The van der Waals surface area contributed by atoms with Gasteiger partial charge in [-0.15, -0.1) is 0 Å². The van der Waals surface area contributed by atoms with Gasteiger partial charge in [0.1, 0.15) is 18.2 Å². The normalized spacial score (nSPS) is 17.6. The van der Waals surface area contributed by atoms with Crippen molar-refractivity contribution in [2.45, 2.75) is 51.7 Å². The minimum Gasteiger partial charge on any atom is -0.487 e. The molecule has 182 valence electrons. The highest BCUT2D eigenvalue weighted by atomic mass is 16.5. The maximum Gasteiger partial charge on any atom is 0.307 e. The summed E-state index contributed by atoms with van der Waals surface area (Å²) in [5, 5.41) is 19.1. The Hall–Kier alpha value is -4.18. The number of benzene rings is 2. The molecule has 0 spiro atoms. The van der Waals surface area contributed by atoms with Crippen LogP contribution in [0.2, 0.25) is 0 Å². The highest BCUT2D eigenvalue weighted by Gasteiger charge is 2.35. The molecule has 36 heavy (non-hydrogen) atoms. The van der Waals surface area contributed by atoms with Crippen LogP contribution >= 0.6 is 0 Å². The Balaban J connectivity index is 1.52. The second kappa shape index (κ2) is 10.2. The highest BCUT2D eigenvalue weighted by molar-refractivity contribution is 5.79. The number of imidazole rings is 1. The molecule has 7 nitrogen and oxygen atoms in total. The van der Waals surface area contributed by atoms with Gasteiger partial charge in [0.25, 0.3) is 0 Å². The summed E-state index contributed by atoms with van der Waals surface area (Å²) in [5.41, 5.74) is 5.29. The average Bonchev–Trinajstić information content (AvgIpc) is 3.26. The number of aromatic nitrogens is 3. The van der Waals surface area contributed by atoms with Gasteiger partial charge >= 0.3 is 5.97 Å². The molecule has 0 bridgehead atoms. The van der Waals surface area contributed by atoms with Crippen LogP contribution in [-0.2, 0) is 17.9 Å². The fraction of sp³-hybridized carbons (Fsp3) is 0.310. The van der Waals surface area contributed by atoms with Crippen molar-refractivity contribution in [3.05, 3.63) is 89.0 Å². The molecule has 1 aliphatic carbocycles. The second-order valence-electron chi connectivity index (χ2n) is 9.47. The summed E-state index contributed by atoms with van der Waals surface area (Å²) in [5.74, 6) is 0.155. The number of fused-ring (bicyclic) bond motifs is 1. The van der Waals surface area contributed by atoms with E-state index in [4.69, 9.17) is 15.0 Å². The van der Waals surface area contributed by atoms with Crippen LogP contribution in [0.3, 0.4) is 0 Å². The van der Waals surface area contributed by atoms with Crippen molar-refractivity contribution in [3.8, 4) is 11.8 Å². The Morgan fingerprint density at radius 3 is 2.67 bits per heavy atom. The number of carboxylic acids is 1. The smallest absolute Gasteiger partial charge is 0.307 e. The molecule has 4 aromatic rings. The summed E-state index contributed by atoms with van der Waals surface area (Å²) in [6.45, 7) is 2.88. The highest BCUT2D eigenvalue weighted by Crippen LogP contribution is 2.39. The van der Waals surface area contributed by atoms with Crippen molar-refractivity contribution in [3.63, 3.8) is 0 Å². The van der Waals surface area contributed by atoms with Crippen molar-refractivity contribution in [2.75, 3.05) is 0 Å². The van der Waals surface area contributed by atoms with Crippen LogP contribution in [0.15, 0.2) is 60.8 Å². The van der Waals surface area contributed by atoms with Crippen LogP contribution in [-0.4, -0.2) is 25.6 Å². The molecule has 0 aliphatic heterocycles. The molecule has 0 saturated heterocycles. The monoisotopic (exact) mass is 480 g/mol. The summed E-state index contributed by atoms with van der Waals surface area (Å²) in [6.07, 6.45) is 5.21. The lowest BCUT2D eigenvalue weighted by molar-refractivity contribution is -0.143. The Labute approximate surface area is 210 Å². The molecular formula is C29H28N4O3. The van der Waals surface area contributed by atoms with E-state index in [1.807, 2.05) is 55.6 Å². The third-order valence-corrected chi connectivity index (χ3v) is 6.95. The Morgan fingerprint density at radius 1 is 1.14 bits per heavy atom. The summed E-state index contributed by atoms with van der Waals surface area (Å²) < 4.78 is 8.18. The number of aryl methyl sites for hydroxylation is 1. The van der Waals surface area contributed by atoms with Crippen LogP contribution in [0.1, 0.15) is 59.8 Å². The van der Waals surface area contributed by atoms with Crippen molar-refractivity contribution >= 4 is 17.0 Å². The number of rotatable bonds is 7. The molecule has 0 radical (unpaired) electrons. The number of aliphatic carboxylic acids is 1. The fourth-order valence-corrected chi connectivity index (χ4v) is 5.00. The molecule has 2 aromatic carbocycles. The van der Waals surface area contributed by atoms with Gasteiger partial charge in [-0.05, 0) is 61.2 Å². The van der Waals surface area contributed by atoms with Crippen LogP contribution < -0.4 is 4.74 Å². The molecule has 0 unspecified atom stereocenters. The summed E-state index contributed by atoms with van der Waals surface area (Å²) in [4.78, 5) is 21.5. The first kappa shape index (κ1) is 23.6. The first-order valence-electron chi connectivity index (χ1n) is 12.3. The zero-order valence-electron chi connectivity index (χ0n) is 20.2. The van der Waals surface area contributed by atoms with E-state index >= 15 is 0 Å². The van der Waals surface area contributed by atoms with E-state index in [0.717, 1.165) is 52.9 Å². The SMILES string of the molecule is Cc1ccc(COc2ccc3nc([C@H]4CCCC[C@H]4C(=O)O)n(Cc4ccc(C#N)cc4)c3c2)nc1. The number of carbonyl (C=O) groups is 1. The Bertz CT molecular complexity index is 1420. The maximum absolute atomic E-state index is 12.1. The van der Waals surface area contributed by atoms with Gasteiger partial charge < -0.3 is 14.4 Å². The Morgan fingerprint density at radius 2 is 1.94 bits per heavy atom. The minimum atomic E-state index is -0.758. The molecule has 7 heteroatoms. The van der Waals surface area contributed by atoms with E-state index in [1.165, 1.54) is 0 Å². The number of carboxylic acid groups (broad SMARTS) is 1. The Kier molecular flexibility index (Phi) is 6.68. The van der Waals surface area contributed by atoms with Gasteiger partial charge in [0.2, 0.25) is 0 Å². The van der Waals surface area contributed by atoms with Crippen LogP contribution in [0, 0.1) is 24.2 Å². The third kappa shape index (κ3) is 4.94. The molecule has 1 N–H and O–H groups in total. The fourth-order valence-electron chi connectivity index (χ4n) is 5.00. The topological polar surface area (TPSA) is 101 Å². The number of hydrogen-bond donors (Lipinski definition) is 1. The first-order valence-corrected chi connectivity index (χ1v) is 12.3. The van der Waals surface area contributed by atoms with Gasteiger partial charge in [0.15, 0.2) is 0 Å². The van der Waals surface area contributed by atoms with E-state index in [2.05, 4.69) is 15.6 Å². The molecule has 0 amide bonds. The molecule has 1 aliphatic rings. The molecular weight excluding hydrogens is 452 g/mol. The molecule has 1 fully saturated rings. The zero-order valence-corrected chi connectivity index (χ0v) is 20.2. The van der Waals surface area contributed by atoms with E-state index in [9.17, 15) is 9.90 Å². The lowest BCUT2D eigenvalue weighted by atomic mass is 9.78. The average molecular weight is 481 g/mol. The van der Waals surface area contributed by atoms with Crippen molar-refractivity contribution in [2.24, 2.45) is 5.92 Å². The number of ether oxygens (including phenoxy) is 1. The number of pyridine rings is 1. The number of nitriles is 1. The summed E-state index contributed by atoms with van der Waals surface area (Å²) in [7, 11) is 0. The van der Waals surface area contributed by atoms with Crippen LogP contribution in [0.4, 0.5) is 0 Å². The molecule has 1 saturated carbocycles. The van der Waals surface area contributed by atoms with Gasteiger partial charge in [0.05, 0.1) is 34.3 Å². The lowest BCUT2D eigenvalue weighted by Gasteiger charge is -2.28. The second-order valence-corrected chi connectivity index (χ2v) is 9.47. The van der Waals surface area contributed by atoms with E-state index in [-0.39, 0.29) is 5.92 Å². The van der Waals surface area contributed by atoms with Crippen LogP contribution in [0.25, 0.3) is 11.0 Å². The molecule has 2 atom stereocenters. The standard InChI is InChI=1S/C29H28N4O3/c1-19-6-11-22(31-16-19)18-36-23-12-13-26-27(14-23)33(17-21-9-7-20(15-30)8-10-21)28(32-26)24-4-2-3-5-25(24)29(34)35/h6-14,16,24-25H,2-5,17-18H2,1H3,(H,34,35)/t24-,25+/m0/s1. The predicted molar refractivity (Wildman–Crippen MR) is 136 cm³/mol. The minimum absolute atomic E-state index is 0.150. The zero-order chi connectivity index (χ0) is 25.1. The quantitative estimate of drug-likeness (QED) is 0.370. The summed E-state index contributed by atoms with van der Waals surface area (Å²) in [6, 6.07) is 19.4. The third-order valence-electron chi connectivity index (χ3n) is 6.95. The number of nitrogens with zero attached hydrogens (tertiary/aromatic N) is 4. The lowest BCUT2D eigenvalue weighted by Crippen LogP contribution is -2.27. The van der Waals surface area contributed by atoms with Gasteiger partial charge in [-0.3, -0.25) is 9.78 Å². The van der Waals surface area contributed by atoms with Gasteiger partial charge in [-0.2, -0.15) is 5.26 Å². The molecule has 2 aromatic heterocycles. The van der Waals surface area contributed by atoms with E-state index in [0.29, 0.717) is 30.9 Å². The van der Waals surface area contributed by atoms with Crippen molar-refractivity contribution in [1.82, 2.24) is 14.5 Å². The van der Waals surface area contributed by atoms with Crippen molar-refractivity contribution in [1.29, 1.82) is 5.26 Å². The first-order chi connectivity index (χ1) is 17.5. The van der Waals surface area contributed by atoms with E-state index in [1.54, 1.807) is 12.1 Å². The van der Waals surface area contributed by atoms with Crippen molar-refractivity contribution < 1.29 is 14.6 Å². The van der Waals surface area contributed by atoms with Gasteiger partial charge in [-0.1, -0.05) is 31.0 Å². The summed E-state index contributed by atoms with van der Waals surface area (Å²) >= 11 is 0.